The van der Waals surface area contributed by atoms with Crippen LogP contribution >= 0.6 is 11.6 Å². The van der Waals surface area contributed by atoms with Crippen molar-refractivity contribution >= 4 is 17.3 Å². The summed E-state index contributed by atoms with van der Waals surface area (Å²) in [4.78, 5) is 0. The van der Waals surface area contributed by atoms with Crippen molar-refractivity contribution in [2.24, 2.45) is 0 Å². The summed E-state index contributed by atoms with van der Waals surface area (Å²) in [7, 11) is 0. The summed E-state index contributed by atoms with van der Waals surface area (Å²) in [6.07, 6.45) is 5.95. The maximum absolute atomic E-state index is 5.97. The van der Waals surface area contributed by atoms with Crippen LogP contribution in [0.3, 0.4) is 0 Å². The van der Waals surface area contributed by atoms with E-state index in [1.165, 1.54) is 16.8 Å². The molecule has 2 aromatic rings. The van der Waals surface area contributed by atoms with Gasteiger partial charge in [0.1, 0.15) is 0 Å². The number of fused-ring (bicyclic) bond motifs is 1. The van der Waals surface area contributed by atoms with Gasteiger partial charge in [0.05, 0.1) is 12.2 Å². The van der Waals surface area contributed by atoms with E-state index in [1.807, 2.05) is 30.6 Å². The number of nitrogens with zero attached hydrogens (tertiary/aromatic N) is 1. The molecule has 2 N–H and O–H groups in total. The highest BCUT2D eigenvalue weighted by Crippen LogP contribution is 2.33. The molecule has 2 heterocycles. The van der Waals surface area contributed by atoms with Crippen LogP contribution in [0.1, 0.15) is 23.6 Å². The summed E-state index contributed by atoms with van der Waals surface area (Å²) >= 11 is 5.97. The Bertz CT molecular complexity index is 493. The fraction of sp³-hybridized carbons (Fsp3) is 0.250. The number of nitrogens with one attached hydrogen (secondary N) is 2. The Balaban J connectivity index is 1.89. The molecule has 0 fully saturated rings. The quantitative estimate of drug-likeness (QED) is 0.795. The van der Waals surface area contributed by atoms with E-state index in [2.05, 4.69) is 15.5 Å². The topological polar surface area (TPSA) is 40.7 Å². The average Bonchev–Trinajstić information content (AvgIpc) is 2.82. The van der Waals surface area contributed by atoms with Crippen LogP contribution in [-0.4, -0.2) is 10.2 Å². The molecule has 1 aromatic heterocycles. The van der Waals surface area contributed by atoms with Crippen LogP contribution in [0.4, 0.5) is 5.69 Å². The van der Waals surface area contributed by atoms with Crippen molar-refractivity contribution in [2.75, 3.05) is 5.32 Å². The number of benzene rings is 1. The Morgan fingerprint density at radius 2 is 2.31 bits per heavy atom. The highest BCUT2D eigenvalue weighted by molar-refractivity contribution is 6.30. The Kier molecular flexibility index (Phi) is 2.33. The van der Waals surface area contributed by atoms with Gasteiger partial charge in [-0.05, 0) is 36.6 Å². The van der Waals surface area contributed by atoms with Gasteiger partial charge in [-0.2, -0.15) is 5.10 Å². The molecule has 1 aliphatic rings. The number of anilines is 1. The number of aromatic amines is 1. The summed E-state index contributed by atoms with van der Waals surface area (Å²) in [6.45, 7) is 0. The molecule has 1 atom stereocenters. The number of H-pyrrole nitrogens is 1. The van der Waals surface area contributed by atoms with Crippen LogP contribution < -0.4 is 5.32 Å². The number of hydrogen-bond donors (Lipinski definition) is 2. The lowest BCUT2D eigenvalue weighted by Gasteiger charge is -2.26. The van der Waals surface area contributed by atoms with E-state index < -0.39 is 0 Å². The monoisotopic (exact) mass is 233 g/mol. The van der Waals surface area contributed by atoms with E-state index in [9.17, 15) is 0 Å². The van der Waals surface area contributed by atoms with Crippen molar-refractivity contribution in [1.29, 1.82) is 0 Å². The predicted octanol–water partition coefficient (Wildman–Crippen LogP) is 3.16. The summed E-state index contributed by atoms with van der Waals surface area (Å²) in [5, 5.41) is 11.1. The minimum atomic E-state index is 0.354. The Labute approximate surface area is 98.8 Å². The molecule has 0 spiro atoms. The van der Waals surface area contributed by atoms with Gasteiger partial charge in [-0.15, -0.1) is 0 Å². The molecule has 82 valence electrons. The molecule has 1 aliphatic heterocycles. The van der Waals surface area contributed by atoms with E-state index >= 15 is 0 Å². The summed E-state index contributed by atoms with van der Waals surface area (Å²) < 4.78 is 0. The van der Waals surface area contributed by atoms with Crippen molar-refractivity contribution in [2.45, 2.75) is 18.9 Å². The first-order valence-corrected chi connectivity index (χ1v) is 5.74. The Hall–Kier alpha value is -1.48. The highest BCUT2D eigenvalue weighted by atomic mass is 35.5. The minimum absolute atomic E-state index is 0.354. The molecule has 0 radical (unpaired) electrons. The molecule has 16 heavy (non-hydrogen) atoms. The first-order valence-electron chi connectivity index (χ1n) is 5.36. The minimum Gasteiger partial charge on any atom is -0.378 e. The maximum atomic E-state index is 5.97. The number of rotatable bonds is 1. The number of aryl methyl sites for hydroxylation is 1. The van der Waals surface area contributed by atoms with Gasteiger partial charge in [-0.1, -0.05) is 11.6 Å². The van der Waals surface area contributed by atoms with Gasteiger partial charge in [0.25, 0.3) is 0 Å². The van der Waals surface area contributed by atoms with Gasteiger partial charge in [0, 0.05) is 22.5 Å². The lowest BCUT2D eigenvalue weighted by molar-refractivity contribution is 0.668. The lowest BCUT2D eigenvalue weighted by atomic mass is 9.95. The van der Waals surface area contributed by atoms with Gasteiger partial charge in [0.2, 0.25) is 0 Å². The van der Waals surface area contributed by atoms with E-state index in [0.717, 1.165) is 17.9 Å². The molecular weight excluding hydrogens is 222 g/mol. The van der Waals surface area contributed by atoms with E-state index in [1.54, 1.807) is 0 Å². The molecule has 3 rings (SSSR count). The zero-order valence-electron chi connectivity index (χ0n) is 8.70. The summed E-state index contributed by atoms with van der Waals surface area (Å²) in [6, 6.07) is 6.36. The normalized spacial score (nSPS) is 18.9. The Morgan fingerprint density at radius 1 is 1.38 bits per heavy atom. The van der Waals surface area contributed by atoms with Crippen LogP contribution in [0.15, 0.2) is 30.6 Å². The van der Waals surface area contributed by atoms with Crippen LogP contribution in [0.25, 0.3) is 0 Å². The SMILES string of the molecule is Clc1ccc2c(c1)CCC(c1cn[nH]c1)N2. The van der Waals surface area contributed by atoms with Crippen LogP contribution in [0, 0.1) is 0 Å². The van der Waals surface area contributed by atoms with Crippen molar-refractivity contribution in [3.05, 3.63) is 46.7 Å². The zero-order valence-corrected chi connectivity index (χ0v) is 9.46. The van der Waals surface area contributed by atoms with Gasteiger partial charge in [-0.3, -0.25) is 5.10 Å². The summed E-state index contributed by atoms with van der Waals surface area (Å²) in [5.41, 5.74) is 3.69. The van der Waals surface area contributed by atoms with Crippen molar-refractivity contribution in [1.82, 2.24) is 10.2 Å². The van der Waals surface area contributed by atoms with E-state index in [-0.39, 0.29) is 0 Å². The standard InChI is InChI=1S/C12H12ClN3/c13-10-2-4-11-8(5-10)1-3-12(16-11)9-6-14-15-7-9/h2,4-7,12,16H,1,3H2,(H,14,15). The van der Waals surface area contributed by atoms with Crippen LogP contribution in [-0.2, 0) is 6.42 Å². The molecule has 0 amide bonds. The second-order valence-electron chi connectivity index (χ2n) is 4.07. The van der Waals surface area contributed by atoms with Gasteiger partial charge >= 0.3 is 0 Å². The number of aromatic nitrogens is 2. The molecule has 0 bridgehead atoms. The molecule has 3 nitrogen and oxygen atoms in total. The van der Waals surface area contributed by atoms with Crippen molar-refractivity contribution in [3.8, 4) is 0 Å². The predicted molar refractivity (Wildman–Crippen MR) is 64.7 cm³/mol. The van der Waals surface area contributed by atoms with Crippen molar-refractivity contribution in [3.63, 3.8) is 0 Å². The smallest absolute Gasteiger partial charge is 0.0548 e. The fourth-order valence-electron chi connectivity index (χ4n) is 2.17. The van der Waals surface area contributed by atoms with Gasteiger partial charge in [0.15, 0.2) is 0 Å². The number of halogens is 1. The summed E-state index contributed by atoms with van der Waals surface area (Å²) in [5.74, 6) is 0. The van der Waals surface area contributed by atoms with Gasteiger partial charge in [-0.25, -0.2) is 0 Å². The molecule has 0 saturated heterocycles. The Morgan fingerprint density at radius 3 is 3.12 bits per heavy atom. The van der Waals surface area contributed by atoms with Gasteiger partial charge < -0.3 is 5.32 Å². The van der Waals surface area contributed by atoms with Crippen LogP contribution in [0.5, 0.6) is 0 Å². The number of hydrogen-bond acceptors (Lipinski definition) is 2. The average molecular weight is 234 g/mol. The lowest BCUT2D eigenvalue weighted by Crippen LogP contribution is -2.17. The van der Waals surface area contributed by atoms with Crippen LogP contribution in [0.2, 0.25) is 5.02 Å². The molecule has 0 aliphatic carbocycles. The molecule has 1 unspecified atom stereocenters. The second-order valence-corrected chi connectivity index (χ2v) is 4.51. The third kappa shape index (κ3) is 1.67. The second kappa shape index (κ2) is 3.83. The molecule has 0 saturated carbocycles. The molecule has 1 aromatic carbocycles. The zero-order chi connectivity index (χ0) is 11.0. The first-order chi connectivity index (χ1) is 7.83. The van der Waals surface area contributed by atoms with E-state index in [4.69, 9.17) is 11.6 Å². The largest absolute Gasteiger partial charge is 0.378 e. The third-order valence-corrected chi connectivity index (χ3v) is 3.26. The maximum Gasteiger partial charge on any atom is 0.0548 e. The van der Waals surface area contributed by atoms with E-state index in [0.29, 0.717) is 6.04 Å². The molecular formula is C12H12ClN3. The third-order valence-electron chi connectivity index (χ3n) is 3.02. The molecule has 4 heteroatoms. The highest BCUT2D eigenvalue weighted by Gasteiger charge is 2.19. The first kappa shape index (κ1) is 9.73. The van der Waals surface area contributed by atoms with Crippen molar-refractivity contribution < 1.29 is 0 Å². The fourth-order valence-corrected chi connectivity index (χ4v) is 2.37.